The molecular formula is C23H29ClFNO2S. The molecule has 6 heteroatoms. The summed E-state index contributed by atoms with van der Waals surface area (Å²) in [4.78, 5) is 1.22. The molecule has 0 bridgehead atoms. The molecule has 1 aliphatic carbocycles. The van der Waals surface area contributed by atoms with E-state index >= 15 is 0 Å². The van der Waals surface area contributed by atoms with Gasteiger partial charge in [0.1, 0.15) is 11.6 Å². The van der Waals surface area contributed by atoms with E-state index in [2.05, 4.69) is 10.7 Å². The van der Waals surface area contributed by atoms with Crippen LogP contribution in [-0.2, 0) is 11.3 Å². The van der Waals surface area contributed by atoms with Crippen LogP contribution in [0.2, 0.25) is 0 Å². The Kier molecular flexibility index (Phi) is 7.74. The normalized spacial score (nSPS) is 18.1. The van der Waals surface area contributed by atoms with E-state index in [1.165, 1.54) is 28.9 Å². The molecule has 2 aliphatic rings. The zero-order chi connectivity index (χ0) is 19.4. The molecule has 1 saturated carbocycles. The molecule has 0 saturated heterocycles. The average molecular weight is 438 g/mol. The topological polar surface area (TPSA) is 30.5 Å². The molecule has 0 amide bonds. The Bertz CT molecular complexity index is 828. The molecule has 0 radical (unpaired) electrons. The van der Waals surface area contributed by atoms with Crippen molar-refractivity contribution in [3.8, 4) is 5.75 Å². The van der Waals surface area contributed by atoms with Crippen molar-refractivity contribution < 1.29 is 13.9 Å². The number of halogens is 2. The highest BCUT2D eigenvalue weighted by Gasteiger charge is 2.39. The van der Waals surface area contributed by atoms with Crippen molar-refractivity contribution in [1.82, 2.24) is 5.32 Å². The molecule has 4 rings (SSSR count). The van der Waals surface area contributed by atoms with E-state index in [0.717, 1.165) is 50.1 Å². The highest BCUT2D eigenvalue weighted by molar-refractivity contribution is 7.10. The minimum atomic E-state index is -0.180. The van der Waals surface area contributed by atoms with E-state index in [9.17, 15) is 4.39 Å². The smallest absolute Gasteiger partial charge is 0.134 e. The SMILES string of the molecule is COc1ccsc1CNCCC1=C(c2ccc(F)cc2)CC2(CCCC2)OC1.Cl. The summed E-state index contributed by atoms with van der Waals surface area (Å²) in [6.07, 6.45) is 6.67. The van der Waals surface area contributed by atoms with Gasteiger partial charge >= 0.3 is 0 Å². The lowest BCUT2D eigenvalue weighted by molar-refractivity contribution is -0.0329. The molecule has 0 unspecified atom stereocenters. The number of nitrogens with one attached hydrogen (secondary N) is 1. The summed E-state index contributed by atoms with van der Waals surface area (Å²) in [5, 5.41) is 5.59. The largest absolute Gasteiger partial charge is 0.496 e. The monoisotopic (exact) mass is 437 g/mol. The first kappa shape index (κ1) is 22.3. The fourth-order valence-corrected chi connectivity index (χ4v) is 5.24. The Balaban J connectivity index is 0.00000240. The minimum Gasteiger partial charge on any atom is -0.496 e. The molecule has 2 heterocycles. The van der Waals surface area contributed by atoms with Crippen LogP contribution >= 0.6 is 23.7 Å². The molecule has 1 fully saturated rings. The summed E-state index contributed by atoms with van der Waals surface area (Å²) in [5.41, 5.74) is 3.86. The Morgan fingerprint density at radius 3 is 2.66 bits per heavy atom. The van der Waals surface area contributed by atoms with Gasteiger partial charge in [0, 0.05) is 13.0 Å². The molecule has 1 aromatic heterocycles. The van der Waals surface area contributed by atoms with Gasteiger partial charge in [0.2, 0.25) is 0 Å². The highest BCUT2D eigenvalue weighted by Crippen LogP contribution is 2.45. The molecule has 3 nitrogen and oxygen atoms in total. The summed E-state index contributed by atoms with van der Waals surface area (Å²) < 4.78 is 25.2. The maximum Gasteiger partial charge on any atom is 0.134 e. The third-order valence-electron chi connectivity index (χ3n) is 6.00. The molecule has 1 N–H and O–H groups in total. The van der Waals surface area contributed by atoms with Gasteiger partial charge < -0.3 is 14.8 Å². The zero-order valence-corrected chi connectivity index (χ0v) is 18.5. The van der Waals surface area contributed by atoms with Gasteiger partial charge in [0.05, 0.1) is 24.2 Å². The van der Waals surface area contributed by atoms with Crippen LogP contribution < -0.4 is 10.1 Å². The highest BCUT2D eigenvalue weighted by atomic mass is 35.5. The van der Waals surface area contributed by atoms with Crippen LogP contribution in [0.15, 0.2) is 41.3 Å². The third-order valence-corrected chi connectivity index (χ3v) is 6.90. The van der Waals surface area contributed by atoms with Gasteiger partial charge in [-0.15, -0.1) is 23.7 Å². The van der Waals surface area contributed by atoms with Crippen LogP contribution in [0.5, 0.6) is 5.75 Å². The Morgan fingerprint density at radius 1 is 1.17 bits per heavy atom. The van der Waals surface area contributed by atoms with Gasteiger partial charge in [-0.05, 0) is 66.1 Å². The van der Waals surface area contributed by atoms with Crippen molar-refractivity contribution in [2.24, 2.45) is 0 Å². The summed E-state index contributed by atoms with van der Waals surface area (Å²) in [7, 11) is 1.71. The number of benzene rings is 1. The van der Waals surface area contributed by atoms with Crippen molar-refractivity contribution >= 4 is 29.3 Å². The molecule has 158 valence electrons. The van der Waals surface area contributed by atoms with E-state index in [1.54, 1.807) is 30.6 Å². The number of ether oxygens (including phenoxy) is 2. The Labute approximate surface area is 182 Å². The van der Waals surface area contributed by atoms with Crippen LogP contribution in [0.25, 0.3) is 5.57 Å². The van der Waals surface area contributed by atoms with E-state index in [-0.39, 0.29) is 23.8 Å². The van der Waals surface area contributed by atoms with Crippen LogP contribution in [0.4, 0.5) is 4.39 Å². The fourth-order valence-electron chi connectivity index (χ4n) is 4.43. The van der Waals surface area contributed by atoms with Crippen molar-refractivity contribution in [2.75, 3.05) is 20.3 Å². The predicted molar refractivity (Wildman–Crippen MR) is 120 cm³/mol. The maximum absolute atomic E-state index is 13.4. The lowest BCUT2D eigenvalue weighted by Gasteiger charge is -2.37. The standard InChI is InChI=1S/C23H28FNO2S.ClH/c1-26-21-9-13-28-22(21)15-25-12-8-18-16-27-23(10-2-3-11-23)14-20(18)17-4-6-19(24)7-5-17;/h4-7,9,13,25H,2-3,8,10-12,14-16H2,1H3;1H. The third kappa shape index (κ3) is 5.21. The van der Waals surface area contributed by atoms with Gasteiger partial charge in [-0.3, -0.25) is 0 Å². The first-order valence-corrected chi connectivity index (χ1v) is 11.0. The van der Waals surface area contributed by atoms with Crippen LogP contribution in [0, 0.1) is 5.82 Å². The molecule has 1 aromatic carbocycles. The molecule has 29 heavy (non-hydrogen) atoms. The lowest BCUT2D eigenvalue weighted by atomic mass is 9.83. The van der Waals surface area contributed by atoms with E-state index in [4.69, 9.17) is 9.47 Å². The van der Waals surface area contributed by atoms with E-state index < -0.39 is 0 Å². The number of rotatable bonds is 7. The van der Waals surface area contributed by atoms with Gasteiger partial charge in [-0.2, -0.15) is 0 Å². The maximum atomic E-state index is 13.4. The van der Waals surface area contributed by atoms with Crippen LogP contribution in [-0.4, -0.2) is 25.9 Å². The molecule has 1 spiro atoms. The first-order chi connectivity index (χ1) is 13.7. The summed E-state index contributed by atoms with van der Waals surface area (Å²) in [6.45, 7) is 2.39. The zero-order valence-electron chi connectivity index (χ0n) is 16.8. The fraction of sp³-hybridized carbons (Fsp3) is 0.478. The van der Waals surface area contributed by atoms with Gasteiger partial charge in [-0.25, -0.2) is 4.39 Å². The van der Waals surface area contributed by atoms with E-state index in [0.29, 0.717) is 6.61 Å². The number of hydrogen-bond donors (Lipinski definition) is 1. The van der Waals surface area contributed by atoms with Gasteiger partial charge in [0.15, 0.2) is 0 Å². The van der Waals surface area contributed by atoms with Gasteiger partial charge in [-0.1, -0.05) is 25.0 Å². The van der Waals surface area contributed by atoms with Crippen LogP contribution in [0.1, 0.15) is 49.0 Å². The summed E-state index contributed by atoms with van der Waals surface area (Å²) >= 11 is 1.71. The second-order valence-electron chi connectivity index (χ2n) is 7.78. The molecule has 0 atom stereocenters. The van der Waals surface area contributed by atoms with Crippen molar-refractivity contribution in [3.63, 3.8) is 0 Å². The Hall–Kier alpha value is -1.40. The lowest BCUT2D eigenvalue weighted by Crippen LogP contribution is -2.34. The molecular weight excluding hydrogens is 409 g/mol. The number of hydrogen-bond acceptors (Lipinski definition) is 4. The summed E-state index contributed by atoms with van der Waals surface area (Å²) in [5.74, 6) is 0.771. The predicted octanol–water partition coefficient (Wildman–Crippen LogP) is 5.98. The Morgan fingerprint density at radius 2 is 1.93 bits per heavy atom. The second kappa shape index (κ2) is 10.1. The summed E-state index contributed by atoms with van der Waals surface area (Å²) in [6, 6.07) is 8.98. The minimum absolute atomic E-state index is 0. The molecule has 1 aliphatic heterocycles. The first-order valence-electron chi connectivity index (χ1n) is 10.1. The quantitative estimate of drug-likeness (QED) is 0.540. The second-order valence-corrected chi connectivity index (χ2v) is 8.78. The average Bonchev–Trinajstić information content (AvgIpc) is 3.36. The van der Waals surface area contributed by atoms with Crippen LogP contribution in [0.3, 0.4) is 0 Å². The van der Waals surface area contributed by atoms with Crippen molar-refractivity contribution in [1.29, 1.82) is 0 Å². The van der Waals surface area contributed by atoms with Crippen molar-refractivity contribution in [2.45, 2.75) is 50.7 Å². The van der Waals surface area contributed by atoms with Gasteiger partial charge in [0.25, 0.3) is 0 Å². The number of thiophene rings is 1. The number of methoxy groups -OCH3 is 1. The van der Waals surface area contributed by atoms with E-state index in [1.807, 2.05) is 18.2 Å². The molecule has 2 aromatic rings. The van der Waals surface area contributed by atoms with Crippen molar-refractivity contribution in [3.05, 3.63) is 57.5 Å².